The maximum atomic E-state index is 11.0. The maximum absolute atomic E-state index is 11.0. The van der Waals surface area contributed by atoms with Crippen LogP contribution < -0.4 is 0 Å². The van der Waals surface area contributed by atoms with Crippen molar-refractivity contribution in [2.45, 2.75) is 26.6 Å². The van der Waals surface area contributed by atoms with E-state index in [4.69, 9.17) is 0 Å². The highest BCUT2D eigenvalue weighted by Gasteiger charge is 2.20. The molecule has 0 spiro atoms. The Hall–Kier alpha value is -0.180. The highest BCUT2D eigenvalue weighted by Crippen LogP contribution is 2.08. The Morgan fingerprint density at radius 3 is 1.86 bits per heavy atom. The predicted molar refractivity (Wildman–Crippen MR) is 50.6 cm³/mol. The van der Waals surface area contributed by atoms with Crippen LogP contribution in [0.2, 0.25) is 0 Å². The summed E-state index contributed by atoms with van der Waals surface area (Å²) in [5, 5.41) is 0. The first-order valence-electron chi connectivity index (χ1n) is 3.99. The smallest absolute Gasteiger partial charge is 0.237 e. The van der Waals surface area contributed by atoms with Gasteiger partial charge in [-0.1, -0.05) is 6.92 Å². The van der Waals surface area contributed by atoms with Crippen molar-refractivity contribution >= 4 is 20.2 Å². The lowest BCUT2D eigenvalue weighted by Crippen LogP contribution is -2.24. The highest BCUT2D eigenvalue weighted by molar-refractivity contribution is 7.87. The molecule has 0 heterocycles. The zero-order valence-corrected chi connectivity index (χ0v) is 9.89. The lowest BCUT2D eigenvalue weighted by atomic mass is 10.5. The molecule has 0 amide bonds. The van der Waals surface area contributed by atoms with Gasteiger partial charge in [-0.2, -0.15) is 16.8 Å². The highest BCUT2D eigenvalue weighted by atomic mass is 32.2. The molecule has 0 aliphatic rings. The maximum Gasteiger partial charge on any atom is 0.269 e. The Balaban J connectivity index is 4.47. The van der Waals surface area contributed by atoms with Gasteiger partial charge in [0.1, 0.15) is 0 Å². The van der Waals surface area contributed by atoms with E-state index in [1.165, 1.54) is 6.92 Å². The molecule has 0 aromatic rings. The first-order chi connectivity index (χ1) is 6.20. The molecule has 0 radical (unpaired) electrons. The summed E-state index contributed by atoms with van der Waals surface area (Å²) < 4.78 is 52.1. The third kappa shape index (κ3) is 6.30. The number of rotatable bonds is 6. The fourth-order valence-corrected chi connectivity index (χ4v) is 1.83. The van der Waals surface area contributed by atoms with E-state index in [1.807, 2.05) is 0 Å². The molecule has 0 aromatic carbocycles. The Labute approximate surface area is 84.5 Å². The minimum absolute atomic E-state index is 0.131. The molecule has 1 atom stereocenters. The van der Waals surface area contributed by atoms with Gasteiger partial charge in [-0.3, -0.25) is 0 Å². The Bertz CT molecular complexity index is 354. The minimum Gasteiger partial charge on any atom is -0.237 e. The van der Waals surface area contributed by atoms with Crippen LogP contribution in [-0.4, -0.2) is 35.1 Å². The molecule has 0 aliphatic heterocycles. The van der Waals surface area contributed by atoms with Crippen LogP contribution in [-0.2, 0) is 28.6 Å². The van der Waals surface area contributed by atoms with Crippen LogP contribution in [0.1, 0.15) is 20.3 Å². The topological polar surface area (TPSA) is 86.7 Å². The van der Waals surface area contributed by atoms with Crippen LogP contribution in [0.5, 0.6) is 0 Å². The van der Waals surface area contributed by atoms with Crippen LogP contribution in [0, 0.1) is 0 Å². The van der Waals surface area contributed by atoms with Crippen LogP contribution >= 0.6 is 0 Å². The first-order valence-corrected chi connectivity index (χ1v) is 7.38. The van der Waals surface area contributed by atoms with Crippen molar-refractivity contribution < 1.29 is 25.2 Å². The van der Waals surface area contributed by atoms with Crippen molar-refractivity contribution in [1.82, 2.24) is 0 Å². The van der Waals surface area contributed by atoms with Crippen LogP contribution in [0.3, 0.4) is 0 Å². The molecule has 0 saturated heterocycles. The van der Waals surface area contributed by atoms with Crippen molar-refractivity contribution in [2.24, 2.45) is 0 Å². The van der Waals surface area contributed by atoms with Crippen molar-refractivity contribution in [3.05, 3.63) is 0 Å². The number of hydrogen-bond acceptors (Lipinski definition) is 6. The fourth-order valence-electron chi connectivity index (χ4n) is 0.579. The van der Waals surface area contributed by atoms with Crippen molar-refractivity contribution in [1.29, 1.82) is 0 Å². The predicted octanol–water partition coefficient (Wildman–Crippen LogP) is 0.0650. The van der Waals surface area contributed by atoms with Gasteiger partial charge < -0.3 is 0 Å². The van der Waals surface area contributed by atoms with Gasteiger partial charge in [0.2, 0.25) is 0 Å². The standard InChI is InChI=1S/C6H14O6S2/c1-4-6(11-13(3,7)8)12-14(9,10)5-2/h6H,4-5H2,1-3H3. The van der Waals surface area contributed by atoms with Gasteiger partial charge in [0.25, 0.3) is 20.2 Å². The average molecular weight is 246 g/mol. The second-order valence-electron chi connectivity index (χ2n) is 2.58. The van der Waals surface area contributed by atoms with E-state index in [-0.39, 0.29) is 12.2 Å². The molecule has 0 fully saturated rings. The summed E-state index contributed by atoms with van der Waals surface area (Å²) in [5.74, 6) is -0.226. The van der Waals surface area contributed by atoms with Crippen molar-refractivity contribution in [3.63, 3.8) is 0 Å². The largest absolute Gasteiger partial charge is 0.269 e. The molecule has 86 valence electrons. The molecule has 14 heavy (non-hydrogen) atoms. The van der Waals surface area contributed by atoms with Crippen molar-refractivity contribution in [2.75, 3.05) is 12.0 Å². The molecule has 8 heteroatoms. The summed E-state index contributed by atoms with van der Waals surface area (Å²) in [4.78, 5) is 0. The monoisotopic (exact) mass is 246 g/mol. The molecule has 0 N–H and O–H groups in total. The van der Waals surface area contributed by atoms with Crippen LogP contribution in [0.25, 0.3) is 0 Å². The number of hydrogen-bond donors (Lipinski definition) is 0. The summed E-state index contributed by atoms with van der Waals surface area (Å²) in [7, 11) is -7.40. The summed E-state index contributed by atoms with van der Waals surface area (Å²) in [6.45, 7) is 2.95. The molecule has 1 unspecified atom stereocenters. The zero-order valence-electron chi connectivity index (χ0n) is 8.26. The van der Waals surface area contributed by atoms with E-state index in [9.17, 15) is 16.8 Å². The molecule has 0 aliphatic carbocycles. The van der Waals surface area contributed by atoms with E-state index in [0.29, 0.717) is 0 Å². The van der Waals surface area contributed by atoms with E-state index >= 15 is 0 Å². The second-order valence-corrected chi connectivity index (χ2v) is 6.07. The lowest BCUT2D eigenvalue weighted by molar-refractivity contribution is 0.0158. The third-order valence-electron chi connectivity index (χ3n) is 1.22. The lowest BCUT2D eigenvalue weighted by Gasteiger charge is -2.13. The van der Waals surface area contributed by atoms with Gasteiger partial charge in [0.15, 0.2) is 6.29 Å². The summed E-state index contributed by atoms with van der Waals surface area (Å²) >= 11 is 0. The third-order valence-corrected chi connectivity index (χ3v) is 3.00. The van der Waals surface area contributed by atoms with E-state index < -0.39 is 26.5 Å². The molecule has 0 saturated carbocycles. The Kier molecular flexibility index (Phi) is 4.99. The van der Waals surface area contributed by atoms with E-state index in [1.54, 1.807) is 6.92 Å². The van der Waals surface area contributed by atoms with Crippen molar-refractivity contribution in [3.8, 4) is 0 Å². The van der Waals surface area contributed by atoms with Gasteiger partial charge in [-0.15, -0.1) is 0 Å². The van der Waals surface area contributed by atoms with Gasteiger partial charge in [-0.05, 0) is 13.3 Å². The SMILES string of the molecule is CCC(OS(C)(=O)=O)OS(=O)(=O)CC. The van der Waals surface area contributed by atoms with Gasteiger partial charge in [-0.25, -0.2) is 8.37 Å². The second kappa shape index (κ2) is 5.06. The zero-order chi connectivity index (χ0) is 11.4. The van der Waals surface area contributed by atoms with Crippen LogP contribution in [0.4, 0.5) is 0 Å². The molecule has 6 nitrogen and oxygen atoms in total. The van der Waals surface area contributed by atoms with Gasteiger partial charge in [0, 0.05) is 0 Å². The normalized spacial score (nSPS) is 15.4. The first kappa shape index (κ1) is 13.8. The quantitative estimate of drug-likeness (QED) is 0.486. The Morgan fingerprint density at radius 1 is 1.07 bits per heavy atom. The molecule has 0 rings (SSSR count). The molecule has 0 bridgehead atoms. The molecule has 0 aromatic heterocycles. The van der Waals surface area contributed by atoms with E-state index in [0.717, 1.165) is 6.26 Å². The molecular weight excluding hydrogens is 232 g/mol. The summed E-state index contributed by atoms with van der Waals surface area (Å²) in [6, 6.07) is 0. The van der Waals surface area contributed by atoms with Gasteiger partial charge >= 0.3 is 0 Å². The van der Waals surface area contributed by atoms with E-state index in [2.05, 4.69) is 8.37 Å². The fraction of sp³-hybridized carbons (Fsp3) is 1.00. The van der Waals surface area contributed by atoms with Gasteiger partial charge in [0.05, 0.1) is 12.0 Å². The Morgan fingerprint density at radius 2 is 1.57 bits per heavy atom. The summed E-state index contributed by atoms with van der Waals surface area (Å²) in [6.07, 6.45) is -0.306. The molecular formula is C6H14O6S2. The summed E-state index contributed by atoms with van der Waals surface area (Å²) in [5.41, 5.74) is 0. The minimum atomic E-state index is -3.71. The van der Waals surface area contributed by atoms with Crippen LogP contribution in [0.15, 0.2) is 0 Å². The average Bonchev–Trinajstić information content (AvgIpc) is 2.00.